The van der Waals surface area contributed by atoms with Crippen LogP contribution in [0.3, 0.4) is 0 Å². The van der Waals surface area contributed by atoms with Crippen molar-refractivity contribution >= 4 is 46.2 Å². The molecular weight excluding hydrogens is 811 g/mol. The molecule has 64 heavy (non-hydrogen) atoms. The number of aromatic nitrogens is 4. The van der Waals surface area contributed by atoms with Gasteiger partial charge in [-0.25, -0.2) is 14.6 Å². The quantitative estimate of drug-likeness (QED) is 0.0719. The predicted molar refractivity (Wildman–Crippen MR) is 243 cm³/mol. The zero-order valence-electron chi connectivity index (χ0n) is 36.2. The monoisotopic (exact) mass is 867 g/mol. The molecule has 2 aromatic heterocycles. The number of unbranched alkanes of at least 4 members (excludes halogenated alkanes) is 3. The zero-order chi connectivity index (χ0) is 44.0. The second kappa shape index (κ2) is 19.6. The van der Waals surface area contributed by atoms with Crippen LogP contribution in [0, 0.1) is 0 Å². The minimum atomic E-state index is -0.677. The Hall–Kier alpha value is -6.39. The fourth-order valence-electron chi connectivity index (χ4n) is 9.82. The summed E-state index contributed by atoms with van der Waals surface area (Å²) in [4.78, 5) is 65.8. The Bertz CT molecular complexity index is 2460. The molecule has 0 radical (unpaired) electrons. The number of carbonyl (C=O) groups excluding carboxylic acids is 4. The van der Waals surface area contributed by atoms with Crippen LogP contribution in [0.1, 0.15) is 86.2 Å². The maximum Gasteiger partial charge on any atom is 0.257 e. The van der Waals surface area contributed by atoms with Crippen molar-refractivity contribution in [2.45, 2.75) is 88.9 Å². The van der Waals surface area contributed by atoms with E-state index >= 15 is 0 Å². The third kappa shape index (κ3) is 9.57. The van der Waals surface area contributed by atoms with Crippen LogP contribution in [0.2, 0.25) is 0 Å². The lowest BCUT2D eigenvalue weighted by molar-refractivity contribution is -0.137. The van der Waals surface area contributed by atoms with Gasteiger partial charge in [-0.15, -0.1) is 0 Å². The van der Waals surface area contributed by atoms with E-state index in [1.807, 2.05) is 66.7 Å². The number of piperazine rings is 1. The zero-order valence-corrected chi connectivity index (χ0v) is 36.2. The number of amides is 4. The molecule has 1 aliphatic carbocycles. The van der Waals surface area contributed by atoms with Gasteiger partial charge in [0.05, 0.1) is 23.5 Å². The number of nitrogens with two attached hydrogens (primary N) is 1. The van der Waals surface area contributed by atoms with Gasteiger partial charge in [-0.05, 0) is 99.5 Å². The van der Waals surface area contributed by atoms with Crippen molar-refractivity contribution in [3.05, 3.63) is 90.3 Å². The minimum absolute atomic E-state index is 0.0471. The van der Waals surface area contributed by atoms with Crippen molar-refractivity contribution in [2.75, 3.05) is 56.9 Å². The van der Waals surface area contributed by atoms with Gasteiger partial charge in [-0.1, -0.05) is 43.2 Å². The summed E-state index contributed by atoms with van der Waals surface area (Å²) in [6.07, 6.45) is 10.6. The number of hydrogen-bond acceptors (Lipinski definition) is 12. The van der Waals surface area contributed by atoms with Crippen LogP contribution in [-0.4, -0.2) is 116 Å². The molecule has 1 unspecified atom stereocenters. The maximum absolute atomic E-state index is 13.3. The van der Waals surface area contributed by atoms with Crippen LogP contribution >= 0.6 is 0 Å². The van der Waals surface area contributed by atoms with Crippen LogP contribution in [-0.2, 0) is 20.9 Å². The van der Waals surface area contributed by atoms with Gasteiger partial charge in [0.15, 0.2) is 5.65 Å². The van der Waals surface area contributed by atoms with E-state index in [2.05, 4.69) is 40.4 Å². The number of nitrogens with one attached hydrogen (secondary N) is 3. The smallest absolute Gasteiger partial charge is 0.257 e. The SMILES string of the molecule is Nc1ncnc2c1c(-c1ccc(Oc3ccccc3)cc1)nn2C1CCC(N2CCN(CCCCCCNC(=O)CNc3cccc4c3C(=O)N(C3CCC(=O)NC3=O)C4)CC2)CC1. The molecule has 5 aromatic rings. The van der Waals surface area contributed by atoms with E-state index in [4.69, 9.17) is 15.6 Å². The summed E-state index contributed by atoms with van der Waals surface area (Å²) in [5.41, 5.74) is 10.8. The van der Waals surface area contributed by atoms with Crippen LogP contribution < -0.4 is 26.4 Å². The second-order valence-corrected chi connectivity index (χ2v) is 17.4. The molecule has 4 amide bonds. The van der Waals surface area contributed by atoms with E-state index in [-0.39, 0.29) is 36.7 Å². The summed E-state index contributed by atoms with van der Waals surface area (Å²) < 4.78 is 8.11. The molecule has 16 nitrogen and oxygen atoms in total. The molecular formula is C48H57N11O5. The van der Waals surface area contributed by atoms with Crippen LogP contribution in [0.25, 0.3) is 22.3 Å². The fraction of sp³-hybridized carbons (Fsp3) is 0.438. The van der Waals surface area contributed by atoms with Crippen molar-refractivity contribution < 1.29 is 23.9 Å². The first-order valence-corrected chi connectivity index (χ1v) is 22.8. The Morgan fingerprint density at radius 3 is 2.34 bits per heavy atom. The largest absolute Gasteiger partial charge is 0.457 e. The number of benzene rings is 3. The van der Waals surface area contributed by atoms with Gasteiger partial charge < -0.3 is 30.9 Å². The number of rotatable bonds is 16. The van der Waals surface area contributed by atoms with Gasteiger partial charge in [0, 0.05) is 63.0 Å². The molecule has 0 spiro atoms. The van der Waals surface area contributed by atoms with Gasteiger partial charge in [0.2, 0.25) is 17.7 Å². The van der Waals surface area contributed by atoms with Crippen LogP contribution in [0.5, 0.6) is 11.5 Å². The maximum atomic E-state index is 13.3. The van der Waals surface area contributed by atoms with Crippen molar-refractivity contribution in [3.63, 3.8) is 0 Å². The van der Waals surface area contributed by atoms with Crippen molar-refractivity contribution in [2.24, 2.45) is 0 Å². The Kier molecular flexibility index (Phi) is 13.1. The average Bonchev–Trinajstić information content (AvgIpc) is 3.88. The molecule has 0 bridgehead atoms. The number of para-hydroxylation sites is 1. The summed E-state index contributed by atoms with van der Waals surface area (Å²) in [5.74, 6) is 0.828. The molecule has 4 aliphatic rings. The lowest BCUT2D eigenvalue weighted by Crippen LogP contribution is -2.52. The van der Waals surface area contributed by atoms with E-state index in [0.717, 1.165) is 123 Å². The third-order valence-corrected chi connectivity index (χ3v) is 13.3. The van der Waals surface area contributed by atoms with Crippen molar-refractivity contribution in [1.29, 1.82) is 0 Å². The number of nitrogen functional groups attached to an aromatic ring is 1. The molecule has 3 fully saturated rings. The summed E-state index contributed by atoms with van der Waals surface area (Å²) in [6.45, 7) is 6.42. The predicted octanol–water partition coefficient (Wildman–Crippen LogP) is 5.52. The van der Waals surface area contributed by atoms with Gasteiger partial charge in [0.1, 0.15) is 35.4 Å². The van der Waals surface area contributed by atoms with Crippen LogP contribution in [0.4, 0.5) is 11.5 Å². The standard InChI is InChI=1S/C48H57N11O5/c49-45-43-44(32-13-19-37(20-14-32)64-36-10-4-3-5-11-36)55-59(46(43)53-31-52-45)35-17-15-34(16-18-35)57-27-25-56(26-28-57)24-7-2-1-6-23-50-41(61)29-51-38-12-8-9-33-30-58(48(63)42(33)38)39-21-22-40(60)54-47(39)62/h3-5,8-14,19-20,31,34-35,39,51H,1-2,6-7,15-18,21-30H2,(H,50,61)(H2,49,52,53)(H,54,60,62). The van der Waals surface area contributed by atoms with Gasteiger partial charge >= 0.3 is 0 Å². The molecule has 5 heterocycles. The first-order chi connectivity index (χ1) is 31.3. The highest BCUT2D eigenvalue weighted by molar-refractivity contribution is 6.08. The van der Waals surface area contributed by atoms with E-state index in [0.29, 0.717) is 42.6 Å². The Morgan fingerprint density at radius 2 is 1.56 bits per heavy atom. The molecule has 334 valence electrons. The molecule has 3 aliphatic heterocycles. The number of imide groups is 1. The van der Waals surface area contributed by atoms with E-state index in [1.54, 1.807) is 6.07 Å². The highest BCUT2D eigenvalue weighted by Crippen LogP contribution is 2.38. The number of anilines is 2. The van der Waals surface area contributed by atoms with Gasteiger partial charge in [-0.2, -0.15) is 5.10 Å². The number of hydrogen-bond donors (Lipinski definition) is 4. The molecule has 1 saturated carbocycles. The normalized spacial score (nSPS) is 20.6. The van der Waals surface area contributed by atoms with E-state index in [1.165, 1.54) is 11.2 Å². The second-order valence-electron chi connectivity index (χ2n) is 17.4. The number of ether oxygens (including phenoxy) is 1. The lowest BCUT2D eigenvalue weighted by atomic mass is 9.90. The lowest BCUT2D eigenvalue weighted by Gasteiger charge is -2.42. The van der Waals surface area contributed by atoms with Crippen molar-refractivity contribution in [3.8, 4) is 22.8 Å². The highest BCUT2D eigenvalue weighted by atomic mass is 16.5. The Morgan fingerprint density at radius 1 is 0.812 bits per heavy atom. The summed E-state index contributed by atoms with van der Waals surface area (Å²) in [5, 5.41) is 14.4. The van der Waals surface area contributed by atoms with Crippen molar-refractivity contribution in [1.82, 2.24) is 45.1 Å². The number of nitrogens with zero attached hydrogens (tertiary/aromatic N) is 7. The number of piperidine rings is 1. The minimum Gasteiger partial charge on any atom is -0.457 e. The third-order valence-electron chi connectivity index (χ3n) is 13.3. The van der Waals surface area contributed by atoms with E-state index in [9.17, 15) is 19.2 Å². The first kappa shape index (κ1) is 42.9. The Labute approximate surface area is 372 Å². The Balaban J connectivity index is 0.661. The highest BCUT2D eigenvalue weighted by Gasteiger charge is 2.40. The van der Waals surface area contributed by atoms with Gasteiger partial charge in [0.25, 0.3) is 5.91 Å². The number of fused-ring (bicyclic) bond motifs is 2. The molecule has 2 saturated heterocycles. The van der Waals surface area contributed by atoms with E-state index < -0.39 is 11.9 Å². The topological polar surface area (TPSA) is 193 Å². The summed E-state index contributed by atoms with van der Waals surface area (Å²) in [7, 11) is 0. The summed E-state index contributed by atoms with van der Waals surface area (Å²) in [6, 6.07) is 23.3. The van der Waals surface area contributed by atoms with Gasteiger partial charge in [-0.3, -0.25) is 29.4 Å². The summed E-state index contributed by atoms with van der Waals surface area (Å²) >= 11 is 0. The molecule has 9 rings (SSSR count). The first-order valence-electron chi connectivity index (χ1n) is 22.8. The molecule has 5 N–H and O–H groups in total. The molecule has 16 heteroatoms. The molecule has 3 aromatic carbocycles. The number of carbonyl (C=O) groups is 4. The average molecular weight is 868 g/mol. The fourth-order valence-corrected chi connectivity index (χ4v) is 9.82. The molecule has 1 atom stereocenters. The van der Waals surface area contributed by atoms with Crippen LogP contribution in [0.15, 0.2) is 79.1 Å².